The number of rotatable bonds is 34. The number of Topliss-reactive ketones (excluding diaryl/α,β-unsaturated/α-hetero) is 2. The molecule has 10 aromatic heterocycles. The zero-order chi connectivity index (χ0) is 101. The van der Waals surface area contributed by atoms with Crippen LogP contribution in [-0.4, -0.2) is 203 Å². The third kappa shape index (κ3) is 40.6. The summed E-state index contributed by atoms with van der Waals surface area (Å²) >= 11 is 44.8. The third-order valence-corrected chi connectivity index (χ3v) is 24.8. The van der Waals surface area contributed by atoms with Gasteiger partial charge in [-0.15, -0.1) is 0 Å². The molecular formula is C98H121BrCl7F6N7O18. The number of carbonyl (C=O) groups is 8. The van der Waals surface area contributed by atoms with E-state index >= 15 is 0 Å². The van der Waals surface area contributed by atoms with Crippen molar-refractivity contribution in [3.8, 4) is 0 Å². The van der Waals surface area contributed by atoms with Gasteiger partial charge in [0.15, 0.2) is 11.6 Å². The van der Waals surface area contributed by atoms with Gasteiger partial charge in [0, 0.05) is 190 Å². The van der Waals surface area contributed by atoms with E-state index in [4.69, 9.17) is 120 Å². The number of methoxy groups -OCH3 is 4. The number of aliphatic hydroxyl groups excluding tert-OH is 1. The first kappa shape index (κ1) is 119. The van der Waals surface area contributed by atoms with Crippen molar-refractivity contribution in [1.82, 2.24) is 27.6 Å². The molecule has 0 bridgehead atoms. The van der Waals surface area contributed by atoms with Gasteiger partial charge in [-0.25, -0.2) is 40.9 Å². The number of ether oxygens (including phenoxy) is 8. The van der Waals surface area contributed by atoms with Gasteiger partial charge in [0.1, 0.15) is 17.9 Å². The van der Waals surface area contributed by atoms with Gasteiger partial charge in [0.25, 0.3) is 0 Å². The number of hydrogen-bond acceptors (Lipinski definition) is 20. The highest BCUT2D eigenvalue weighted by molar-refractivity contribution is 9.09. The molecule has 137 heavy (non-hydrogen) atoms. The molecule has 3 aliphatic rings. The van der Waals surface area contributed by atoms with Gasteiger partial charge in [-0.3, -0.25) is 29.0 Å². The van der Waals surface area contributed by atoms with Gasteiger partial charge < -0.3 is 76.2 Å². The summed E-state index contributed by atoms with van der Waals surface area (Å²) in [7, 11) is 6.52. The fraction of sp³-hybridized carbons (Fsp3) is 0.490. The van der Waals surface area contributed by atoms with Crippen molar-refractivity contribution in [3.05, 3.63) is 220 Å². The number of pyridine rings is 6. The lowest BCUT2D eigenvalue weighted by atomic mass is 9.83. The second-order valence-electron chi connectivity index (χ2n) is 31.7. The Morgan fingerprint density at radius 1 is 0.467 bits per heavy atom. The van der Waals surface area contributed by atoms with E-state index < -0.39 is 35.7 Å². The molecule has 10 aromatic rings. The van der Waals surface area contributed by atoms with Gasteiger partial charge in [-0.2, -0.15) is 0 Å². The first-order chi connectivity index (χ1) is 65.3. The second-order valence-corrected chi connectivity index (χ2v) is 35.7. The van der Waals surface area contributed by atoms with Crippen LogP contribution in [-0.2, 0) is 89.2 Å². The molecule has 25 nitrogen and oxygen atoms in total. The maximum absolute atomic E-state index is 13.3. The highest BCUT2D eigenvalue weighted by Gasteiger charge is 2.38. The lowest BCUT2D eigenvalue weighted by molar-refractivity contribution is -0.154. The molecule has 4 N–H and O–H groups in total. The van der Waals surface area contributed by atoms with Crippen LogP contribution in [0.1, 0.15) is 213 Å². The minimum absolute atomic E-state index is 0.0114. The van der Waals surface area contributed by atoms with E-state index in [0.29, 0.717) is 216 Å². The summed E-state index contributed by atoms with van der Waals surface area (Å²) in [5.41, 5.74) is 14.1. The minimum Gasteiger partial charge on any atom is -0.478 e. The van der Waals surface area contributed by atoms with Crippen LogP contribution in [0, 0.1) is 17.8 Å². The number of fused-ring (bicyclic) bond motifs is 4. The molecule has 0 spiro atoms. The van der Waals surface area contributed by atoms with Gasteiger partial charge in [-0.1, -0.05) is 97.1 Å². The molecule has 3 fully saturated rings. The topological polar surface area (TPSA) is 320 Å². The van der Waals surface area contributed by atoms with Crippen molar-refractivity contribution in [2.45, 2.75) is 198 Å². The molecule has 0 aromatic carbocycles. The third-order valence-electron chi connectivity index (χ3n) is 21.9. The SMILES string of the molecule is CCOC(=O)CC(=O)OCC.CCOC(=O)Cc1ncccc1Cl.CCOC(=O)c1cc(CCOC)n2cccc(Cl)c12.COCCC(Br)C=O.COCCc1cc(C(=O)CCC2CCC(F)(F)CC2)c2c(Cl)cccn12.COCCc1cc(C(=O)O)c2c(Cl)cccn12.Clc1cccnc1Cl.NCC1CCC(F)(F)CC1.O=C(CCC1CCC(F)(F)CC1)c1cc(CCO)n2cccc(Cl)c12. The number of nitrogens with zero attached hydrogens (tertiary/aromatic N) is 6. The van der Waals surface area contributed by atoms with E-state index in [-0.39, 0.29) is 117 Å². The fourth-order valence-electron chi connectivity index (χ4n) is 14.8. The van der Waals surface area contributed by atoms with E-state index in [2.05, 4.69) is 35.4 Å². The number of halogens is 14. The maximum atomic E-state index is 13.3. The molecule has 3 aliphatic carbocycles. The average molecular weight is 2130 g/mol. The highest BCUT2D eigenvalue weighted by atomic mass is 79.9. The molecule has 0 amide bonds. The molecule has 13 rings (SSSR count). The molecular weight excluding hydrogens is 2010 g/mol. The van der Waals surface area contributed by atoms with Gasteiger partial charge in [-0.05, 0) is 207 Å². The van der Waals surface area contributed by atoms with Crippen LogP contribution in [0.3, 0.4) is 0 Å². The summed E-state index contributed by atoms with van der Waals surface area (Å²) in [6, 6.07) is 28.2. The number of carboxylic acids is 1. The van der Waals surface area contributed by atoms with Crippen molar-refractivity contribution in [2.24, 2.45) is 23.5 Å². The zero-order valence-electron chi connectivity index (χ0n) is 77.9. The zero-order valence-corrected chi connectivity index (χ0v) is 84.8. The molecule has 10 heterocycles. The number of alkyl halides is 7. The Hall–Kier alpha value is -8.45. The summed E-state index contributed by atoms with van der Waals surface area (Å²) in [6.07, 6.45) is 19.5. The molecule has 1 unspecified atom stereocenters. The number of carboxylic acid groups (broad SMARTS) is 1. The Morgan fingerprint density at radius 2 is 0.803 bits per heavy atom. The van der Waals surface area contributed by atoms with Crippen molar-refractivity contribution in [2.75, 3.05) is 94.4 Å². The fourth-order valence-corrected chi connectivity index (χ4v) is 16.4. The van der Waals surface area contributed by atoms with Crippen molar-refractivity contribution in [3.63, 3.8) is 0 Å². The monoisotopic (exact) mass is 2120 g/mol. The van der Waals surface area contributed by atoms with Crippen LogP contribution in [0.4, 0.5) is 26.3 Å². The van der Waals surface area contributed by atoms with Crippen molar-refractivity contribution >= 4 is 167 Å². The first-order valence-corrected chi connectivity index (χ1v) is 48.3. The normalized spacial score (nSPS) is 14.4. The van der Waals surface area contributed by atoms with E-state index in [1.807, 2.05) is 56.1 Å². The molecule has 3 saturated carbocycles. The average Bonchev–Trinajstić information content (AvgIpc) is 1.65. The van der Waals surface area contributed by atoms with E-state index in [0.717, 1.165) is 41.0 Å². The standard InChI is InChI=1S/C20H24ClF2NO2.C19H22ClF2NO2.C14H16ClNO3.C12H12ClNO3.C9H10ClNO2.C7H13F2N.C7H12O4.C5H9BrO2.C5H3Cl2N/c1-26-12-8-15-13-16(19-17(21)3-2-11-24(15)19)18(25)5-4-14-6-9-20(22,23)10-7-14;20-16-2-1-10-23-14(7-11-24)12-15(18(16)23)17(25)4-3-13-5-8-19(21,22)9-6-13;1-3-19-14(17)11-9-10(6-8-18-2)16-7-4-5-12(15)13(11)16;1-17-6-4-8-7-9(12(15)16)11-10(13)3-2-5-14(8)11;1-2-13-9(12)6-8-7(10)4-3-5-11-8;8-7(9)3-1-6(5-10)2-4-7;1-3-10-6(8)5-7(9)11-4-2;1-8-3-2-5(6)4-7;6-4-2-1-3-8-5(4)7/h2-3,11,13-14H,4-10,12H2,1H3;1-2,10,12-13,24H,3-9,11H2;4-5,7,9H,3,6,8H2,1-2H3;2-3,5,7H,4,6H2,1H3,(H,15,16);3-5H,2,6H2,1H3;6H,1-5,10H2;3-5H2,1-2H3;4-5H,2-3H2,1H3;1-3H. The van der Waals surface area contributed by atoms with E-state index in [9.17, 15) is 69.8 Å². The summed E-state index contributed by atoms with van der Waals surface area (Å²) in [5, 5.41) is 21.7. The number of hydrogen-bond donors (Lipinski definition) is 3. The Bertz CT molecular complexity index is 5390. The summed E-state index contributed by atoms with van der Waals surface area (Å²) in [6.45, 7) is 11.1. The predicted molar refractivity (Wildman–Crippen MR) is 524 cm³/mol. The Morgan fingerprint density at radius 3 is 1.14 bits per heavy atom. The molecule has 0 aliphatic heterocycles. The maximum Gasteiger partial charge on any atom is 0.340 e. The predicted octanol–water partition coefficient (Wildman–Crippen LogP) is 23.4. The molecule has 1 atom stereocenters. The Balaban J connectivity index is 0.000000280. The first-order valence-electron chi connectivity index (χ1n) is 44.8. The van der Waals surface area contributed by atoms with Crippen molar-refractivity contribution in [1.29, 1.82) is 0 Å². The second kappa shape index (κ2) is 62.7. The summed E-state index contributed by atoms with van der Waals surface area (Å²) < 4.78 is 124. The number of aldehydes is 1. The van der Waals surface area contributed by atoms with Crippen LogP contribution in [0.15, 0.2) is 134 Å². The van der Waals surface area contributed by atoms with Crippen LogP contribution in [0.5, 0.6) is 0 Å². The molecule has 0 saturated heterocycles. The smallest absolute Gasteiger partial charge is 0.340 e. The highest BCUT2D eigenvalue weighted by Crippen LogP contribution is 2.41. The van der Waals surface area contributed by atoms with Gasteiger partial charge in [0.05, 0.1) is 127 Å². The summed E-state index contributed by atoms with van der Waals surface area (Å²) in [5.74, 6) is -9.42. The number of nitrogens with two attached hydrogens (primary N) is 1. The Kier molecular flexibility index (Phi) is 54.4. The van der Waals surface area contributed by atoms with Crippen LogP contribution < -0.4 is 5.73 Å². The van der Waals surface area contributed by atoms with Gasteiger partial charge in [0.2, 0.25) is 17.8 Å². The van der Waals surface area contributed by atoms with Crippen molar-refractivity contribution < 1.29 is 113 Å². The number of aromatic carboxylic acids is 1. The van der Waals surface area contributed by atoms with Crippen LogP contribution >= 0.6 is 97.1 Å². The number of aromatic nitrogens is 6. The summed E-state index contributed by atoms with van der Waals surface area (Å²) in [4.78, 5) is 98.5. The minimum atomic E-state index is -2.54. The largest absolute Gasteiger partial charge is 0.478 e. The van der Waals surface area contributed by atoms with E-state index in [1.54, 1.807) is 152 Å². The number of esters is 4. The van der Waals surface area contributed by atoms with E-state index in [1.165, 1.54) is 0 Å². The molecule has 0 radical (unpaired) electrons. The lowest BCUT2D eigenvalue weighted by Crippen LogP contribution is -2.28. The number of ketones is 2. The van der Waals surface area contributed by atoms with Crippen LogP contribution in [0.25, 0.3) is 22.1 Å². The quantitative estimate of drug-likeness (QED) is 0.00493. The van der Waals surface area contributed by atoms with Crippen LogP contribution in [0.2, 0.25) is 35.3 Å². The number of carbonyl (C=O) groups excluding carboxylic acids is 7. The van der Waals surface area contributed by atoms with Gasteiger partial charge >= 0.3 is 29.8 Å². The Labute approximate surface area is 837 Å². The molecule has 754 valence electrons. The lowest BCUT2D eigenvalue weighted by Gasteiger charge is -2.27. The number of aliphatic hydroxyl groups is 1. The molecule has 39 heteroatoms.